The van der Waals surface area contributed by atoms with Gasteiger partial charge < -0.3 is 9.64 Å². The van der Waals surface area contributed by atoms with Gasteiger partial charge in [0.15, 0.2) is 5.78 Å². The Morgan fingerprint density at radius 2 is 2.11 bits per heavy atom. The first kappa shape index (κ1) is 11.3. The van der Waals surface area contributed by atoms with E-state index in [1.807, 2.05) is 18.2 Å². The molecule has 0 unspecified atom stereocenters. The molecular weight excluding hydrogens is 230 g/mol. The summed E-state index contributed by atoms with van der Waals surface area (Å²) in [5, 5.41) is 0. The van der Waals surface area contributed by atoms with Gasteiger partial charge in [0.1, 0.15) is 11.2 Å². The monoisotopic (exact) mass is 245 g/mol. The number of hydrogen-bond acceptors (Lipinski definition) is 3. The Labute approximate surface area is 106 Å². The lowest BCUT2D eigenvalue weighted by atomic mass is 9.71. The van der Waals surface area contributed by atoms with Crippen LogP contribution >= 0.6 is 0 Å². The van der Waals surface area contributed by atoms with Crippen LogP contribution in [0.25, 0.3) is 0 Å². The number of Topliss-reactive ketones (excluding diaryl/α,β-unsaturated/α-hetero) is 1. The van der Waals surface area contributed by atoms with Gasteiger partial charge in [0.2, 0.25) is 5.91 Å². The maximum absolute atomic E-state index is 12.4. The zero-order chi connectivity index (χ0) is 13.1. The van der Waals surface area contributed by atoms with Crippen molar-refractivity contribution in [2.45, 2.75) is 24.8 Å². The molecule has 1 aromatic rings. The summed E-state index contributed by atoms with van der Waals surface area (Å²) in [5.41, 5.74) is 0.847. The van der Waals surface area contributed by atoms with Crippen LogP contribution in [0.2, 0.25) is 0 Å². The third-order valence-corrected chi connectivity index (χ3v) is 4.28. The summed E-state index contributed by atoms with van der Waals surface area (Å²) >= 11 is 0. The lowest BCUT2D eigenvalue weighted by molar-refractivity contribution is -0.132. The number of carbonyl (C=O) groups excluding carboxylic acids is 2. The average molecular weight is 245 g/mol. The predicted molar refractivity (Wildman–Crippen MR) is 65.6 cm³/mol. The molecule has 18 heavy (non-hydrogen) atoms. The van der Waals surface area contributed by atoms with Crippen molar-refractivity contribution in [3.63, 3.8) is 0 Å². The van der Waals surface area contributed by atoms with Gasteiger partial charge in [0.25, 0.3) is 0 Å². The summed E-state index contributed by atoms with van der Waals surface area (Å²) in [6, 6.07) is 5.35. The van der Waals surface area contributed by atoms with Crippen LogP contribution in [0.4, 0.5) is 0 Å². The molecule has 94 valence electrons. The van der Waals surface area contributed by atoms with Crippen molar-refractivity contribution < 1.29 is 14.3 Å². The Kier molecular flexibility index (Phi) is 2.09. The first-order chi connectivity index (χ1) is 8.50. The third kappa shape index (κ3) is 1.10. The smallest absolute Gasteiger partial charge is 0.240 e. The first-order valence-corrected chi connectivity index (χ1v) is 5.99. The van der Waals surface area contributed by atoms with Crippen LogP contribution in [0.3, 0.4) is 0 Å². The van der Waals surface area contributed by atoms with Crippen LogP contribution in [0.15, 0.2) is 18.2 Å². The van der Waals surface area contributed by atoms with Gasteiger partial charge in [0.05, 0.1) is 13.2 Å². The van der Waals surface area contributed by atoms with Gasteiger partial charge in [-0.15, -0.1) is 0 Å². The van der Waals surface area contributed by atoms with Crippen molar-refractivity contribution in [3.05, 3.63) is 29.3 Å². The van der Waals surface area contributed by atoms with E-state index >= 15 is 0 Å². The summed E-state index contributed by atoms with van der Waals surface area (Å²) in [5.74, 6) is 0.587. The fourth-order valence-electron chi connectivity index (χ4n) is 3.12. The zero-order valence-electron chi connectivity index (χ0n) is 10.7. The summed E-state index contributed by atoms with van der Waals surface area (Å²) in [4.78, 5) is 26.3. The number of nitrogens with zero attached hydrogens (tertiary/aromatic N) is 1. The number of likely N-dealkylation sites (N-methyl/N-ethyl adjacent to an activating group) is 1. The molecule has 4 nitrogen and oxygen atoms in total. The molecule has 2 bridgehead atoms. The van der Waals surface area contributed by atoms with Crippen molar-refractivity contribution in [2.75, 3.05) is 14.2 Å². The minimum Gasteiger partial charge on any atom is -0.497 e. The molecule has 1 saturated heterocycles. The average Bonchev–Trinajstić information content (AvgIpc) is 2.50. The highest BCUT2D eigenvalue weighted by Gasteiger charge is 2.59. The van der Waals surface area contributed by atoms with Gasteiger partial charge in [-0.25, -0.2) is 0 Å². The zero-order valence-corrected chi connectivity index (χ0v) is 10.7. The van der Waals surface area contributed by atoms with Crippen LogP contribution in [-0.4, -0.2) is 36.8 Å². The molecule has 0 spiro atoms. The number of methoxy groups -OCH3 is 1. The summed E-state index contributed by atoms with van der Waals surface area (Å²) < 4.78 is 5.19. The number of ketones is 1. The molecule has 4 heteroatoms. The fraction of sp³-hybridized carbons (Fsp3) is 0.429. The van der Waals surface area contributed by atoms with Crippen molar-refractivity contribution in [2.24, 2.45) is 0 Å². The highest BCUT2D eigenvalue weighted by atomic mass is 16.5. The molecule has 0 aromatic heterocycles. The largest absolute Gasteiger partial charge is 0.497 e. The molecule has 1 aromatic carbocycles. The van der Waals surface area contributed by atoms with Crippen LogP contribution in [0.1, 0.15) is 18.1 Å². The molecule has 1 aliphatic carbocycles. The predicted octanol–water partition coefficient (Wildman–Crippen LogP) is 0.919. The number of hydrogen-bond donors (Lipinski definition) is 0. The second-order valence-corrected chi connectivity index (χ2v) is 5.15. The molecule has 0 radical (unpaired) electrons. The number of ether oxygens (including phenoxy) is 1. The minimum absolute atomic E-state index is 0.00996. The number of fused-ring (bicyclic) bond motifs is 4. The molecule has 0 N–H and O–H groups in total. The number of likely N-dealkylation sites (tertiary alicyclic amines) is 1. The number of amides is 1. The van der Waals surface area contributed by atoms with Crippen molar-refractivity contribution >= 4 is 11.7 Å². The molecular formula is C14H15NO3. The molecule has 0 saturated carbocycles. The van der Waals surface area contributed by atoms with E-state index in [-0.39, 0.29) is 17.7 Å². The van der Waals surface area contributed by atoms with Gasteiger partial charge in [0, 0.05) is 13.5 Å². The molecule has 1 amide bonds. The SMILES string of the molecule is COc1ccc2c(c1)[C@@]1(C)C(=O)[C@@H](C2)N(C)C1=O. The van der Waals surface area contributed by atoms with E-state index in [0.29, 0.717) is 12.2 Å². The van der Waals surface area contributed by atoms with Crippen LogP contribution in [0, 0.1) is 0 Å². The second-order valence-electron chi connectivity index (χ2n) is 5.15. The summed E-state index contributed by atoms with van der Waals surface area (Å²) in [7, 11) is 3.29. The van der Waals surface area contributed by atoms with E-state index in [1.165, 1.54) is 0 Å². The number of rotatable bonds is 1. The Hall–Kier alpha value is -1.84. The van der Waals surface area contributed by atoms with Crippen molar-refractivity contribution in [1.82, 2.24) is 4.90 Å². The van der Waals surface area contributed by atoms with E-state index < -0.39 is 5.41 Å². The highest BCUT2D eigenvalue weighted by Crippen LogP contribution is 2.43. The molecule has 2 aliphatic rings. The minimum atomic E-state index is -1.03. The molecule has 3 rings (SSSR count). The normalized spacial score (nSPS) is 29.5. The van der Waals surface area contributed by atoms with Crippen molar-refractivity contribution in [1.29, 1.82) is 0 Å². The number of benzene rings is 1. The van der Waals surface area contributed by atoms with Gasteiger partial charge in [-0.3, -0.25) is 9.59 Å². The van der Waals surface area contributed by atoms with Gasteiger partial charge in [-0.05, 0) is 30.2 Å². The van der Waals surface area contributed by atoms with Crippen LogP contribution in [0.5, 0.6) is 5.75 Å². The van der Waals surface area contributed by atoms with E-state index in [4.69, 9.17) is 4.74 Å². The van der Waals surface area contributed by atoms with Crippen LogP contribution < -0.4 is 4.74 Å². The van der Waals surface area contributed by atoms with E-state index in [0.717, 1.165) is 11.1 Å². The van der Waals surface area contributed by atoms with Gasteiger partial charge >= 0.3 is 0 Å². The quantitative estimate of drug-likeness (QED) is 0.691. The van der Waals surface area contributed by atoms with E-state index in [9.17, 15) is 9.59 Å². The molecule has 1 fully saturated rings. The van der Waals surface area contributed by atoms with Gasteiger partial charge in [-0.2, -0.15) is 0 Å². The Morgan fingerprint density at radius 1 is 1.39 bits per heavy atom. The molecule has 1 heterocycles. The summed E-state index contributed by atoms with van der Waals surface area (Å²) in [6.45, 7) is 1.73. The van der Waals surface area contributed by atoms with E-state index in [2.05, 4.69) is 0 Å². The topological polar surface area (TPSA) is 46.6 Å². The second kappa shape index (κ2) is 3.34. The lowest BCUT2D eigenvalue weighted by Gasteiger charge is -2.27. The maximum Gasteiger partial charge on any atom is 0.240 e. The first-order valence-electron chi connectivity index (χ1n) is 5.99. The van der Waals surface area contributed by atoms with Crippen LogP contribution in [-0.2, 0) is 21.4 Å². The van der Waals surface area contributed by atoms with E-state index in [1.54, 1.807) is 26.0 Å². The Bertz CT molecular complexity index is 556. The Balaban J connectivity index is 2.26. The van der Waals surface area contributed by atoms with Crippen molar-refractivity contribution in [3.8, 4) is 5.75 Å². The summed E-state index contributed by atoms with van der Waals surface area (Å²) in [6.07, 6.45) is 0.607. The Morgan fingerprint density at radius 3 is 2.78 bits per heavy atom. The van der Waals surface area contributed by atoms with Gasteiger partial charge in [-0.1, -0.05) is 6.07 Å². The molecule has 2 atom stereocenters. The standard InChI is InChI=1S/C14H15NO3/c1-14-10-7-9(18-3)5-4-8(10)6-11(12(14)16)15(2)13(14)17/h4-5,7,11H,6H2,1-3H3/t11-,14+/m1/s1. The maximum atomic E-state index is 12.4. The highest BCUT2D eigenvalue weighted by molar-refractivity contribution is 6.20. The number of carbonyl (C=O) groups is 2. The fourth-order valence-corrected chi connectivity index (χ4v) is 3.12. The third-order valence-electron chi connectivity index (χ3n) is 4.28. The molecule has 1 aliphatic heterocycles. The lowest BCUT2D eigenvalue weighted by Crippen LogP contribution is -2.41.